The maximum Gasteiger partial charge on any atom is 0.255 e. The van der Waals surface area contributed by atoms with Crippen molar-refractivity contribution in [2.45, 2.75) is 6.04 Å². The molecule has 0 aliphatic heterocycles. The largest absolute Gasteiger partial charge is 0.493 e. The van der Waals surface area contributed by atoms with E-state index in [0.717, 1.165) is 5.56 Å². The summed E-state index contributed by atoms with van der Waals surface area (Å²) < 4.78 is 10.5. The molecule has 7 nitrogen and oxygen atoms in total. The number of hydrogen-bond acceptors (Lipinski definition) is 6. The van der Waals surface area contributed by atoms with Crippen molar-refractivity contribution in [1.29, 1.82) is 0 Å². The van der Waals surface area contributed by atoms with Crippen LogP contribution in [0.2, 0.25) is 0 Å². The van der Waals surface area contributed by atoms with E-state index in [4.69, 9.17) is 15.2 Å². The van der Waals surface area contributed by atoms with Gasteiger partial charge < -0.3 is 25.4 Å². The Kier molecular flexibility index (Phi) is 8.03. The number of ether oxygens (including phenoxy) is 2. The van der Waals surface area contributed by atoms with Gasteiger partial charge in [-0.15, -0.1) is 0 Å². The SMILES string of the molecule is COc1cc(/C=C/C(=O)NCC(c2ccsc2)N(C)C)ccc1OCC(N)=O. The van der Waals surface area contributed by atoms with Gasteiger partial charge >= 0.3 is 0 Å². The highest BCUT2D eigenvalue weighted by Crippen LogP contribution is 2.28. The summed E-state index contributed by atoms with van der Waals surface area (Å²) in [6.45, 7) is 0.279. The first kappa shape index (κ1) is 21.5. The molecule has 8 heteroatoms. The van der Waals surface area contributed by atoms with Gasteiger partial charge in [0.05, 0.1) is 13.2 Å². The highest BCUT2D eigenvalue weighted by atomic mass is 32.1. The van der Waals surface area contributed by atoms with Crippen LogP contribution < -0.4 is 20.5 Å². The lowest BCUT2D eigenvalue weighted by Crippen LogP contribution is -2.33. The van der Waals surface area contributed by atoms with E-state index >= 15 is 0 Å². The lowest BCUT2D eigenvalue weighted by Gasteiger charge is -2.23. The van der Waals surface area contributed by atoms with Gasteiger partial charge in [0.15, 0.2) is 18.1 Å². The summed E-state index contributed by atoms with van der Waals surface area (Å²) in [5.74, 6) is 0.109. The summed E-state index contributed by atoms with van der Waals surface area (Å²) in [6.07, 6.45) is 3.16. The zero-order chi connectivity index (χ0) is 20.5. The molecule has 150 valence electrons. The first-order valence-corrected chi connectivity index (χ1v) is 9.58. The molecule has 28 heavy (non-hydrogen) atoms. The second-order valence-corrected chi connectivity index (χ2v) is 7.06. The van der Waals surface area contributed by atoms with Crippen molar-refractivity contribution in [1.82, 2.24) is 10.2 Å². The Bertz CT molecular complexity index is 819. The van der Waals surface area contributed by atoms with Gasteiger partial charge in [0, 0.05) is 12.6 Å². The van der Waals surface area contributed by atoms with E-state index in [1.807, 2.05) is 19.5 Å². The predicted molar refractivity (Wildman–Crippen MR) is 110 cm³/mol. The first-order valence-electron chi connectivity index (χ1n) is 8.64. The van der Waals surface area contributed by atoms with Gasteiger partial charge in [-0.25, -0.2) is 0 Å². The van der Waals surface area contributed by atoms with Gasteiger partial charge in [-0.1, -0.05) is 6.07 Å². The van der Waals surface area contributed by atoms with Crippen LogP contribution in [0.15, 0.2) is 41.1 Å². The molecule has 1 aromatic carbocycles. The molecule has 0 fully saturated rings. The number of amides is 2. The number of nitrogens with two attached hydrogens (primary N) is 1. The second kappa shape index (κ2) is 10.5. The lowest BCUT2D eigenvalue weighted by molar-refractivity contribution is -0.120. The standard InChI is InChI=1S/C20H25N3O4S/c1-23(2)16(15-8-9-28-13-15)11-22-20(25)7-5-14-4-6-17(18(10-14)26-3)27-12-19(21)24/h4-10,13,16H,11-12H2,1-3H3,(H2,21,24)(H,22,25)/b7-5+. The summed E-state index contributed by atoms with van der Waals surface area (Å²) in [4.78, 5) is 25.1. The summed E-state index contributed by atoms with van der Waals surface area (Å²) >= 11 is 1.64. The van der Waals surface area contributed by atoms with Crippen LogP contribution in [-0.2, 0) is 9.59 Å². The topological polar surface area (TPSA) is 93.9 Å². The van der Waals surface area contributed by atoms with E-state index in [2.05, 4.69) is 21.7 Å². The fourth-order valence-corrected chi connectivity index (χ4v) is 3.25. The lowest BCUT2D eigenvalue weighted by atomic mass is 10.1. The molecule has 2 amide bonds. The molecule has 0 saturated heterocycles. The number of nitrogens with one attached hydrogen (secondary N) is 1. The Morgan fingerprint density at radius 1 is 1.29 bits per heavy atom. The van der Waals surface area contributed by atoms with Crippen molar-refractivity contribution < 1.29 is 19.1 Å². The van der Waals surface area contributed by atoms with Crippen LogP contribution in [0.4, 0.5) is 0 Å². The molecule has 1 heterocycles. The van der Waals surface area contributed by atoms with Crippen LogP contribution in [0.3, 0.4) is 0 Å². The van der Waals surface area contributed by atoms with Crippen LogP contribution in [0.5, 0.6) is 11.5 Å². The molecule has 0 saturated carbocycles. The maximum absolute atomic E-state index is 12.2. The molecule has 1 aromatic heterocycles. The van der Waals surface area contributed by atoms with Gasteiger partial charge in [-0.2, -0.15) is 11.3 Å². The van der Waals surface area contributed by atoms with Gasteiger partial charge in [0.1, 0.15) is 0 Å². The Morgan fingerprint density at radius 2 is 2.07 bits per heavy atom. The summed E-state index contributed by atoms with van der Waals surface area (Å²) in [5.41, 5.74) is 7.02. The van der Waals surface area contributed by atoms with E-state index < -0.39 is 5.91 Å². The van der Waals surface area contributed by atoms with Crippen LogP contribution in [-0.4, -0.2) is 51.1 Å². The zero-order valence-electron chi connectivity index (χ0n) is 16.2. The Balaban J connectivity index is 1.96. The molecular formula is C20H25N3O4S. The fourth-order valence-electron chi connectivity index (χ4n) is 2.55. The molecule has 3 N–H and O–H groups in total. The maximum atomic E-state index is 12.2. The summed E-state index contributed by atoms with van der Waals surface area (Å²) in [7, 11) is 5.47. The summed E-state index contributed by atoms with van der Waals surface area (Å²) in [6, 6.07) is 7.32. The number of rotatable bonds is 10. The third kappa shape index (κ3) is 6.40. The van der Waals surface area contributed by atoms with E-state index in [-0.39, 0.29) is 18.6 Å². The number of nitrogens with zero attached hydrogens (tertiary/aromatic N) is 1. The van der Waals surface area contributed by atoms with Crippen LogP contribution in [0.1, 0.15) is 17.2 Å². The average Bonchev–Trinajstić information content (AvgIpc) is 3.19. The normalized spacial score (nSPS) is 12.1. The molecule has 0 spiro atoms. The monoisotopic (exact) mass is 403 g/mol. The molecule has 0 bridgehead atoms. The van der Waals surface area contributed by atoms with Crippen molar-refractivity contribution in [3.63, 3.8) is 0 Å². The molecular weight excluding hydrogens is 378 g/mol. The number of likely N-dealkylation sites (N-methyl/N-ethyl adjacent to an activating group) is 1. The van der Waals surface area contributed by atoms with E-state index in [0.29, 0.717) is 18.0 Å². The van der Waals surface area contributed by atoms with E-state index in [1.54, 1.807) is 35.6 Å². The number of carbonyl (C=O) groups is 2. The predicted octanol–water partition coefficient (Wildman–Crippen LogP) is 2.05. The van der Waals surface area contributed by atoms with Crippen molar-refractivity contribution in [2.75, 3.05) is 34.4 Å². The number of carbonyl (C=O) groups excluding carboxylic acids is 2. The van der Waals surface area contributed by atoms with Crippen molar-refractivity contribution in [2.24, 2.45) is 5.73 Å². The molecule has 0 aliphatic carbocycles. The Morgan fingerprint density at radius 3 is 2.68 bits per heavy atom. The highest BCUT2D eigenvalue weighted by Gasteiger charge is 2.15. The minimum atomic E-state index is -0.568. The van der Waals surface area contributed by atoms with Gasteiger partial charge in [0.25, 0.3) is 5.91 Å². The van der Waals surface area contributed by atoms with Crippen LogP contribution in [0.25, 0.3) is 6.08 Å². The van der Waals surface area contributed by atoms with Crippen LogP contribution in [0, 0.1) is 0 Å². The molecule has 0 radical (unpaired) electrons. The molecule has 1 atom stereocenters. The summed E-state index contributed by atoms with van der Waals surface area (Å²) in [5, 5.41) is 7.03. The molecule has 0 aliphatic rings. The minimum absolute atomic E-state index is 0.116. The van der Waals surface area contributed by atoms with E-state index in [9.17, 15) is 9.59 Å². The van der Waals surface area contributed by atoms with Crippen molar-refractivity contribution in [3.05, 3.63) is 52.2 Å². The second-order valence-electron chi connectivity index (χ2n) is 6.28. The number of methoxy groups -OCH3 is 1. The average molecular weight is 404 g/mol. The first-order chi connectivity index (χ1) is 13.4. The number of thiophene rings is 1. The smallest absolute Gasteiger partial charge is 0.255 e. The number of primary amides is 1. The third-order valence-corrected chi connectivity index (χ3v) is 4.71. The minimum Gasteiger partial charge on any atom is -0.493 e. The number of hydrogen-bond donors (Lipinski definition) is 2. The Hall–Kier alpha value is -2.84. The van der Waals surface area contributed by atoms with Gasteiger partial charge in [-0.3, -0.25) is 9.59 Å². The molecule has 2 rings (SSSR count). The van der Waals surface area contributed by atoms with Gasteiger partial charge in [-0.05, 0) is 60.3 Å². The fraction of sp³-hybridized carbons (Fsp3) is 0.300. The Labute approximate surface area is 168 Å². The zero-order valence-corrected chi connectivity index (χ0v) is 17.0. The highest BCUT2D eigenvalue weighted by molar-refractivity contribution is 7.07. The number of benzene rings is 1. The van der Waals surface area contributed by atoms with Crippen LogP contribution >= 0.6 is 11.3 Å². The van der Waals surface area contributed by atoms with Crippen molar-refractivity contribution >= 4 is 29.2 Å². The van der Waals surface area contributed by atoms with E-state index in [1.165, 1.54) is 18.7 Å². The molecule has 2 aromatic rings. The van der Waals surface area contributed by atoms with Crippen molar-refractivity contribution in [3.8, 4) is 11.5 Å². The van der Waals surface area contributed by atoms with Gasteiger partial charge in [0.2, 0.25) is 5.91 Å². The molecule has 1 unspecified atom stereocenters. The third-order valence-electron chi connectivity index (χ3n) is 4.01. The quantitative estimate of drug-likeness (QED) is 0.592.